The second-order valence-electron chi connectivity index (χ2n) is 6.80. The molecule has 4 aromatic rings. The van der Waals surface area contributed by atoms with Crippen LogP contribution >= 0.6 is 11.8 Å². The first kappa shape index (κ1) is 20.4. The third kappa shape index (κ3) is 4.22. The number of benzene rings is 4. The maximum atomic E-state index is 11.7. The fourth-order valence-electron chi connectivity index (χ4n) is 3.48. The summed E-state index contributed by atoms with van der Waals surface area (Å²) in [5.41, 5.74) is 3.38. The maximum Gasteiger partial charge on any atom is 0.336 e. The zero-order chi connectivity index (χ0) is 21.8. The van der Waals surface area contributed by atoms with E-state index in [0.29, 0.717) is 11.1 Å². The molecule has 0 saturated heterocycles. The number of hydrogen-bond donors (Lipinski definition) is 2. The molecule has 4 rings (SSSR count). The van der Waals surface area contributed by atoms with Crippen molar-refractivity contribution in [1.82, 2.24) is 0 Å². The van der Waals surface area contributed by atoms with Crippen LogP contribution in [0, 0.1) is 0 Å². The van der Waals surface area contributed by atoms with E-state index >= 15 is 0 Å². The lowest BCUT2D eigenvalue weighted by Gasteiger charge is -2.15. The Kier molecular flexibility index (Phi) is 5.87. The lowest BCUT2D eigenvalue weighted by atomic mass is 9.99. The molecule has 0 aliphatic heterocycles. The Morgan fingerprint density at radius 3 is 1.19 bits per heavy atom. The largest absolute Gasteiger partial charge is 0.478 e. The molecular formula is C26H18O4S. The summed E-state index contributed by atoms with van der Waals surface area (Å²) in [6.45, 7) is 0. The van der Waals surface area contributed by atoms with E-state index in [-0.39, 0.29) is 11.1 Å². The van der Waals surface area contributed by atoms with Gasteiger partial charge < -0.3 is 10.2 Å². The van der Waals surface area contributed by atoms with Crippen LogP contribution in [0.15, 0.2) is 107 Å². The highest BCUT2D eigenvalue weighted by atomic mass is 32.2. The molecule has 0 spiro atoms. The number of rotatable bonds is 6. The van der Waals surface area contributed by atoms with Crippen LogP contribution in [-0.2, 0) is 0 Å². The van der Waals surface area contributed by atoms with Crippen molar-refractivity contribution in [3.63, 3.8) is 0 Å². The zero-order valence-corrected chi connectivity index (χ0v) is 17.2. The Morgan fingerprint density at radius 2 is 0.806 bits per heavy atom. The minimum Gasteiger partial charge on any atom is -0.478 e. The Balaban J connectivity index is 1.83. The number of carboxylic acid groups (broad SMARTS) is 2. The molecule has 0 heterocycles. The second kappa shape index (κ2) is 8.90. The normalized spacial score (nSPS) is 10.6. The van der Waals surface area contributed by atoms with Crippen LogP contribution in [0.1, 0.15) is 20.7 Å². The smallest absolute Gasteiger partial charge is 0.336 e. The minimum absolute atomic E-state index is 0.236. The van der Waals surface area contributed by atoms with Crippen LogP contribution in [0.4, 0.5) is 0 Å². The Bertz CT molecular complexity index is 1180. The molecule has 0 aromatic heterocycles. The molecule has 4 aromatic carbocycles. The summed E-state index contributed by atoms with van der Waals surface area (Å²) < 4.78 is 0. The van der Waals surface area contributed by atoms with Crippen LogP contribution in [0.3, 0.4) is 0 Å². The van der Waals surface area contributed by atoms with Crippen molar-refractivity contribution in [3.05, 3.63) is 108 Å². The Hall–Kier alpha value is -3.83. The summed E-state index contributed by atoms with van der Waals surface area (Å²) >= 11 is 1.49. The molecule has 5 heteroatoms. The van der Waals surface area contributed by atoms with Crippen LogP contribution in [0.25, 0.3) is 22.3 Å². The Morgan fingerprint density at radius 1 is 0.484 bits per heavy atom. The summed E-state index contributed by atoms with van der Waals surface area (Å²) in [5, 5.41) is 19.2. The molecule has 31 heavy (non-hydrogen) atoms. The lowest BCUT2D eigenvalue weighted by molar-refractivity contribution is 0.0687. The molecule has 0 amide bonds. The highest BCUT2D eigenvalue weighted by Crippen LogP contribution is 2.41. The molecule has 0 atom stereocenters. The van der Waals surface area contributed by atoms with Gasteiger partial charge in [0.05, 0.1) is 11.1 Å². The predicted octanol–water partition coefficient (Wildman–Crippen LogP) is 6.57. The van der Waals surface area contributed by atoms with E-state index in [1.165, 1.54) is 11.8 Å². The molecule has 0 fully saturated rings. The zero-order valence-electron chi connectivity index (χ0n) is 16.4. The summed E-state index contributed by atoms with van der Waals surface area (Å²) in [5.74, 6) is -1.96. The van der Waals surface area contributed by atoms with E-state index in [2.05, 4.69) is 0 Å². The summed E-state index contributed by atoms with van der Waals surface area (Å²) in [7, 11) is 0. The van der Waals surface area contributed by atoms with Gasteiger partial charge in [0.2, 0.25) is 0 Å². The highest BCUT2D eigenvalue weighted by molar-refractivity contribution is 7.99. The summed E-state index contributed by atoms with van der Waals surface area (Å²) in [6, 6.07) is 29.1. The van der Waals surface area contributed by atoms with Crippen molar-refractivity contribution in [1.29, 1.82) is 0 Å². The SMILES string of the molecule is O=C(O)c1ccccc1-c1ccccc1Sc1ccccc1-c1ccccc1C(=O)O. The first-order valence-electron chi connectivity index (χ1n) is 9.57. The predicted molar refractivity (Wildman–Crippen MR) is 122 cm³/mol. The van der Waals surface area contributed by atoms with E-state index in [4.69, 9.17) is 0 Å². The van der Waals surface area contributed by atoms with Crippen molar-refractivity contribution in [2.45, 2.75) is 9.79 Å². The monoisotopic (exact) mass is 426 g/mol. The maximum absolute atomic E-state index is 11.7. The van der Waals surface area contributed by atoms with Gasteiger partial charge in [-0.1, -0.05) is 84.6 Å². The summed E-state index contributed by atoms with van der Waals surface area (Å²) in [6.07, 6.45) is 0. The van der Waals surface area contributed by atoms with E-state index in [0.717, 1.165) is 20.9 Å². The third-order valence-electron chi connectivity index (χ3n) is 4.89. The quantitative estimate of drug-likeness (QED) is 0.365. The van der Waals surface area contributed by atoms with Gasteiger partial charge in [0.15, 0.2) is 0 Å². The van der Waals surface area contributed by atoms with E-state index in [1.54, 1.807) is 36.4 Å². The first-order chi connectivity index (χ1) is 15.1. The van der Waals surface area contributed by atoms with Gasteiger partial charge >= 0.3 is 11.9 Å². The van der Waals surface area contributed by atoms with Crippen LogP contribution in [0.5, 0.6) is 0 Å². The average Bonchev–Trinajstić information content (AvgIpc) is 2.80. The molecule has 4 nitrogen and oxygen atoms in total. The third-order valence-corrected chi connectivity index (χ3v) is 6.04. The van der Waals surface area contributed by atoms with Gasteiger partial charge in [0.25, 0.3) is 0 Å². The van der Waals surface area contributed by atoms with Gasteiger partial charge in [0, 0.05) is 9.79 Å². The number of aromatic carboxylic acids is 2. The molecule has 2 N–H and O–H groups in total. The molecule has 0 aliphatic rings. The molecular weight excluding hydrogens is 408 g/mol. The Labute approximate surface area is 183 Å². The van der Waals surface area contributed by atoms with Gasteiger partial charge in [-0.25, -0.2) is 9.59 Å². The molecule has 0 aliphatic carbocycles. The van der Waals surface area contributed by atoms with Gasteiger partial charge in [0.1, 0.15) is 0 Å². The van der Waals surface area contributed by atoms with Gasteiger partial charge in [-0.3, -0.25) is 0 Å². The van der Waals surface area contributed by atoms with Gasteiger partial charge in [-0.2, -0.15) is 0 Å². The van der Waals surface area contributed by atoms with Gasteiger partial charge in [-0.15, -0.1) is 0 Å². The topological polar surface area (TPSA) is 74.6 Å². The summed E-state index contributed by atoms with van der Waals surface area (Å²) in [4.78, 5) is 25.3. The van der Waals surface area contributed by atoms with E-state index in [9.17, 15) is 19.8 Å². The first-order valence-corrected chi connectivity index (χ1v) is 10.4. The van der Waals surface area contributed by atoms with Crippen LogP contribution < -0.4 is 0 Å². The molecule has 152 valence electrons. The molecule has 0 saturated carbocycles. The minimum atomic E-state index is -0.980. The van der Waals surface area contributed by atoms with Crippen molar-refractivity contribution in [2.75, 3.05) is 0 Å². The second-order valence-corrected chi connectivity index (χ2v) is 7.88. The molecule has 0 radical (unpaired) electrons. The van der Waals surface area contributed by atoms with Crippen molar-refractivity contribution < 1.29 is 19.8 Å². The van der Waals surface area contributed by atoms with Crippen molar-refractivity contribution >= 4 is 23.7 Å². The lowest BCUT2D eigenvalue weighted by Crippen LogP contribution is -2.00. The standard InChI is InChI=1S/C26H18O4S/c27-25(28)21-13-3-1-9-17(21)19-11-5-7-15-23(19)31-24-16-8-6-12-20(24)18-10-2-4-14-22(18)26(29)30/h1-16H,(H,27,28)(H,29,30). The van der Waals surface area contributed by atoms with E-state index in [1.807, 2.05) is 60.7 Å². The van der Waals surface area contributed by atoms with Crippen LogP contribution in [-0.4, -0.2) is 22.2 Å². The highest BCUT2D eigenvalue weighted by Gasteiger charge is 2.17. The number of hydrogen-bond acceptors (Lipinski definition) is 3. The molecule has 0 bridgehead atoms. The fraction of sp³-hybridized carbons (Fsp3) is 0. The van der Waals surface area contributed by atoms with Crippen molar-refractivity contribution in [3.8, 4) is 22.3 Å². The number of carboxylic acids is 2. The average molecular weight is 426 g/mol. The van der Waals surface area contributed by atoms with Crippen LogP contribution in [0.2, 0.25) is 0 Å². The van der Waals surface area contributed by atoms with Gasteiger partial charge in [-0.05, 0) is 46.5 Å². The fourth-order valence-corrected chi connectivity index (χ4v) is 4.59. The molecule has 0 unspecified atom stereocenters. The van der Waals surface area contributed by atoms with Crippen molar-refractivity contribution in [2.24, 2.45) is 0 Å². The van der Waals surface area contributed by atoms with E-state index < -0.39 is 11.9 Å². The number of carbonyl (C=O) groups is 2.